The largest absolute Gasteiger partial charge is 0.412 e. The smallest absolute Gasteiger partial charge is 0.410 e. The maximum absolute atomic E-state index is 13.5. The number of carbonyl (C=O) groups is 1. The van der Waals surface area contributed by atoms with Crippen LogP contribution in [-0.4, -0.2) is 48.0 Å². The van der Waals surface area contributed by atoms with Crippen LogP contribution in [0.4, 0.5) is 13.6 Å². The Balaban J connectivity index is 1.70. The topological polar surface area (TPSA) is 76.5 Å². The molecule has 3 rings (SSSR count). The number of carbonyl (C=O) groups excluding carboxylic acids is 1. The van der Waals surface area contributed by atoms with Gasteiger partial charge < -0.3 is 15.0 Å². The quantitative estimate of drug-likeness (QED) is 0.542. The van der Waals surface area contributed by atoms with E-state index in [0.717, 1.165) is 31.2 Å². The predicted octanol–water partition coefficient (Wildman–Crippen LogP) is 3.28. The molecule has 1 amide bonds. The van der Waals surface area contributed by atoms with E-state index in [1.807, 2.05) is 19.0 Å². The lowest BCUT2D eigenvalue weighted by molar-refractivity contribution is 0.200. The molecule has 0 aliphatic carbocycles. The monoisotopic (exact) mass is 442 g/mol. The van der Waals surface area contributed by atoms with Crippen molar-refractivity contribution in [1.29, 1.82) is 0 Å². The molecule has 1 heterocycles. The van der Waals surface area contributed by atoms with E-state index >= 15 is 0 Å². The maximum Gasteiger partial charge on any atom is 0.412 e. The van der Waals surface area contributed by atoms with Crippen LogP contribution in [0, 0.1) is 11.6 Å². The van der Waals surface area contributed by atoms with Crippen LogP contribution < -0.4 is 15.6 Å². The van der Waals surface area contributed by atoms with Crippen molar-refractivity contribution in [2.24, 2.45) is 0 Å². The zero-order valence-corrected chi connectivity index (χ0v) is 17.8. The van der Waals surface area contributed by atoms with E-state index in [9.17, 15) is 18.4 Å². The second-order valence-corrected chi connectivity index (χ2v) is 7.49. The number of halogens is 2. The van der Waals surface area contributed by atoms with Gasteiger partial charge in [-0.1, -0.05) is 12.1 Å². The summed E-state index contributed by atoms with van der Waals surface area (Å²) >= 11 is 0. The maximum atomic E-state index is 13.5. The van der Waals surface area contributed by atoms with Gasteiger partial charge in [0.05, 0.1) is 12.2 Å². The number of nitrogens with one attached hydrogen (secondary N) is 1. The van der Waals surface area contributed by atoms with Crippen LogP contribution in [0.1, 0.15) is 12.0 Å². The number of aromatic nitrogens is 2. The van der Waals surface area contributed by atoms with Crippen LogP contribution >= 0.6 is 0 Å². The van der Waals surface area contributed by atoms with E-state index in [0.29, 0.717) is 17.9 Å². The van der Waals surface area contributed by atoms with Crippen molar-refractivity contribution in [1.82, 2.24) is 20.0 Å². The molecule has 2 aromatic carbocycles. The summed E-state index contributed by atoms with van der Waals surface area (Å²) in [6, 6.07) is 12.5. The zero-order valence-electron chi connectivity index (χ0n) is 17.8. The number of rotatable bonds is 8. The Morgan fingerprint density at radius 3 is 2.56 bits per heavy atom. The molecule has 32 heavy (non-hydrogen) atoms. The Morgan fingerprint density at radius 1 is 1.09 bits per heavy atom. The van der Waals surface area contributed by atoms with Crippen LogP contribution in [0.5, 0.6) is 5.75 Å². The number of hydrogen-bond donors (Lipinski definition) is 1. The predicted molar refractivity (Wildman–Crippen MR) is 117 cm³/mol. The van der Waals surface area contributed by atoms with E-state index in [4.69, 9.17) is 4.74 Å². The molecule has 0 aliphatic rings. The number of nitrogens with zero attached hydrogens (tertiary/aromatic N) is 3. The Bertz CT molecular complexity index is 1130. The Kier molecular flexibility index (Phi) is 7.67. The van der Waals surface area contributed by atoms with Gasteiger partial charge in [0, 0.05) is 24.2 Å². The molecule has 0 bridgehead atoms. The van der Waals surface area contributed by atoms with Crippen molar-refractivity contribution in [3.8, 4) is 17.0 Å². The molecule has 0 radical (unpaired) electrons. The first-order valence-electron chi connectivity index (χ1n) is 10.0. The van der Waals surface area contributed by atoms with Crippen LogP contribution in [0.3, 0.4) is 0 Å². The lowest BCUT2D eigenvalue weighted by Gasteiger charge is -2.11. The average molecular weight is 442 g/mol. The van der Waals surface area contributed by atoms with Crippen molar-refractivity contribution >= 4 is 6.09 Å². The van der Waals surface area contributed by atoms with E-state index in [2.05, 4.69) is 10.4 Å². The lowest BCUT2D eigenvalue weighted by Crippen LogP contribution is -2.29. The summed E-state index contributed by atoms with van der Waals surface area (Å²) in [5.41, 5.74) is 0.766. The highest BCUT2D eigenvalue weighted by Crippen LogP contribution is 2.19. The molecule has 0 unspecified atom stereocenters. The van der Waals surface area contributed by atoms with E-state index in [-0.39, 0.29) is 23.4 Å². The second kappa shape index (κ2) is 10.6. The molecule has 0 spiro atoms. The fourth-order valence-corrected chi connectivity index (χ4v) is 3.03. The van der Waals surface area contributed by atoms with Crippen molar-refractivity contribution in [2.45, 2.75) is 13.0 Å². The van der Waals surface area contributed by atoms with Gasteiger partial charge in [-0.15, -0.1) is 0 Å². The van der Waals surface area contributed by atoms with Crippen molar-refractivity contribution in [2.75, 3.05) is 27.2 Å². The zero-order chi connectivity index (χ0) is 23.1. The van der Waals surface area contributed by atoms with Gasteiger partial charge in [0.15, 0.2) is 0 Å². The summed E-state index contributed by atoms with van der Waals surface area (Å²) in [6.07, 6.45) is 0.230. The molecule has 1 aromatic heterocycles. The van der Waals surface area contributed by atoms with Crippen LogP contribution in [0.2, 0.25) is 0 Å². The normalized spacial score (nSPS) is 10.9. The summed E-state index contributed by atoms with van der Waals surface area (Å²) < 4.78 is 33.5. The van der Waals surface area contributed by atoms with Gasteiger partial charge in [0.25, 0.3) is 5.56 Å². The molecule has 7 nitrogen and oxygen atoms in total. The fourth-order valence-electron chi connectivity index (χ4n) is 3.03. The van der Waals surface area contributed by atoms with Gasteiger partial charge in [0.1, 0.15) is 17.4 Å². The minimum Gasteiger partial charge on any atom is -0.410 e. The fraction of sp³-hybridized carbons (Fsp3) is 0.261. The summed E-state index contributed by atoms with van der Waals surface area (Å²) in [5, 5.41) is 6.90. The third-order valence-electron chi connectivity index (χ3n) is 4.52. The number of hydrogen-bond acceptors (Lipinski definition) is 5. The average Bonchev–Trinajstić information content (AvgIpc) is 2.72. The third-order valence-corrected chi connectivity index (χ3v) is 4.52. The first-order valence-corrected chi connectivity index (χ1v) is 10.0. The molecule has 1 N–H and O–H groups in total. The van der Waals surface area contributed by atoms with Crippen molar-refractivity contribution in [3.05, 3.63) is 82.1 Å². The highest BCUT2D eigenvalue weighted by atomic mass is 19.1. The first-order chi connectivity index (χ1) is 15.3. The van der Waals surface area contributed by atoms with Crippen molar-refractivity contribution in [3.63, 3.8) is 0 Å². The Morgan fingerprint density at radius 2 is 1.84 bits per heavy atom. The van der Waals surface area contributed by atoms with Gasteiger partial charge in [-0.05, 0) is 63.0 Å². The molecule has 0 atom stereocenters. The SMILES string of the molecule is CN(C)CCCNC(=O)Oc1cccc(Cn2nc(-c3cc(F)cc(F)c3)ccc2=O)c1. The molecule has 0 saturated carbocycles. The molecule has 9 heteroatoms. The Hall–Kier alpha value is -3.59. The second-order valence-electron chi connectivity index (χ2n) is 7.49. The first kappa shape index (κ1) is 23.1. The van der Waals surface area contributed by atoms with Gasteiger partial charge in [0.2, 0.25) is 0 Å². The number of amides is 1. The van der Waals surface area contributed by atoms with E-state index in [1.165, 1.54) is 16.8 Å². The minimum atomic E-state index is -0.732. The highest BCUT2D eigenvalue weighted by molar-refractivity contribution is 5.70. The number of ether oxygens (including phenoxy) is 1. The molecule has 0 saturated heterocycles. The van der Waals surface area contributed by atoms with Gasteiger partial charge in [-0.25, -0.2) is 18.3 Å². The third kappa shape index (κ3) is 6.71. The molecule has 168 valence electrons. The molecular weight excluding hydrogens is 418 g/mol. The van der Waals surface area contributed by atoms with Crippen LogP contribution in [0.25, 0.3) is 11.3 Å². The van der Waals surface area contributed by atoms with Gasteiger partial charge >= 0.3 is 6.09 Å². The molecule has 0 fully saturated rings. The standard InChI is InChI=1S/C23H24F2N4O3/c1-28(2)10-4-9-26-23(31)32-20-6-3-5-16(11-20)15-29-22(30)8-7-21(27-29)17-12-18(24)14-19(25)13-17/h3,5-8,11-14H,4,9-10,15H2,1-2H3,(H,26,31). The van der Waals surface area contributed by atoms with E-state index < -0.39 is 17.7 Å². The molecule has 0 aliphatic heterocycles. The highest BCUT2D eigenvalue weighted by Gasteiger charge is 2.09. The van der Waals surface area contributed by atoms with Gasteiger partial charge in [-0.2, -0.15) is 5.10 Å². The lowest BCUT2D eigenvalue weighted by atomic mass is 10.1. The van der Waals surface area contributed by atoms with Crippen molar-refractivity contribution < 1.29 is 18.3 Å². The number of benzene rings is 2. The Labute approximate surface area is 184 Å². The van der Waals surface area contributed by atoms with Gasteiger partial charge in [-0.3, -0.25) is 4.79 Å². The summed E-state index contributed by atoms with van der Waals surface area (Å²) in [7, 11) is 3.91. The van der Waals surface area contributed by atoms with Crippen LogP contribution in [-0.2, 0) is 6.54 Å². The minimum absolute atomic E-state index is 0.0894. The van der Waals surface area contributed by atoms with E-state index in [1.54, 1.807) is 24.3 Å². The molecular formula is C23H24F2N4O3. The van der Waals surface area contributed by atoms with Crippen LogP contribution in [0.15, 0.2) is 59.4 Å². The summed E-state index contributed by atoms with van der Waals surface area (Å²) in [5.74, 6) is -1.14. The summed E-state index contributed by atoms with van der Waals surface area (Å²) in [6.45, 7) is 1.43. The molecule has 3 aromatic rings. The summed E-state index contributed by atoms with van der Waals surface area (Å²) in [4.78, 5) is 26.2.